The number of hydrogen-bond acceptors (Lipinski definition) is 3. The summed E-state index contributed by atoms with van der Waals surface area (Å²) in [4.78, 5) is 8.35. The van der Waals surface area contributed by atoms with E-state index >= 15 is 0 Å². The van der Waals surface area contributed by atoms with Crippen LogP contribution in [0.4, 0.5) is 0 Å². The molecule has 0 saturated heterocycles. The van der Waals surface area contributed by atoms with Gasteiger partial charge in [0.05, 0.1) is 16.9 Å². The van der Waals surface area contributed by atoms with E-state index in [0.717, 1.165) is 17.0 Å². The van der Waals surface area contributed by atoms with E-state index in [0.29, 0.717) is 10.8 Å². The largest absolute Gasteiger partial charge is 0.272 e. The smallest absolute Gasteiger partial charge is 0.126 e. The van der Waals surface area contributed by atoms with Crippen LogP contribution >= 0.6 is 11.6 Å². The summed E-state index contributed by atoms with van der Waals surface area (Å²) in [6, 6.07) is 0. The lowest BCUT2D eigenvalue weighted by atomic mass is 10.2. The molecule has 15 heavy (non-hydrogen) atoms. The topological polar surface area (TPSA) is 43.6 Å². The van der Waals surface area contributed by atoms with Crippen molar-refractivity contribution in [1.82, 2.24) is 19.7 Å². The van der Waals surface area contributed by atoms with Crippen LogP contribution in [0.15, 0.2) is 12.4 Å². The predicted octanol–water partition coefficient (Wildman–Crippen LogP) is 2.15. The molecule has 0 N–H and O–H groups in total. The van der Waals surface area contributed by atoms with E-state index in [1.54, 1.807) is 17.1 Å². The van der Waals surface area contributed by atoms with Crippen LogP contribution in [-0.2, 0) is 7.05 Å². The van der Waals surface area contributed by atoms with Crippen LogP contribution < -0.4 is 0 Å². The third-order valence-corrected chi connectivity index (χ3v) is 2.63. The first-order valence-electron chi connectivity index (χ1n) is 4.57. The average Bonchev–Trinajstić information content (AvgIpc) is 2.52. The molecule has 78 valence electrons. The number of rotatable bonds is 1. The van der Waals surface area contributed by atoms with Crippen molar-refractivity contribution in [3.63, 3.8) is 0 Å². The van der Waals surface area contributed by atoms with Crippen molar-refractivity contribution < 1.29 is 0 Å². The number of nitrogens with zero attached hydrogens (tertiary/aromatic N) is 4. The van der Waals surface area contributed by atoms with Gasteiger partial charge in [0.15, 0.2) is 0 Å². The van der Waals surface area contributed by atoms with Gasteiger partial charge in [-0.25, -0.2) is 9.97 Å². The third-order valence-electron chi connectivity index (χ3n) is 2.35. The van der Waals surface area contributed by atoms with Crippen LogP contribution in [0.1, 0.15) is 11.5 Å². The lowest BCUT2D eigenvalue weighted by Crippen LogP contribution is -1.95. The Labute approximate surface area is 92.9 Å². The van der Waals surface area contributed by atoms with E-state index in [1.165, 1.54) is 0 Å². The van der Waals surface area contributed by atoms with E-state index in [-0.39, 0.29) is 0 Å². The van der Waals surface area contributed by atoms with Gasteiger partial charge in [-0.05, 0) is 13.8 Å². The lowest BCUT2D eigenvalue weighted by Gasteiger charge is -2.03. The van der Waals surface area contributed by atoms with E-state index in [1.807, 2.05) is 20.9 Å². The summed E-state index contributed by atoms with van der Waals surface area (Å²) < 4.78 is 1.79. The van der Waals surface area contributed by atoms with Gasteiger partial charge in [-0.15, -0.1) is 0 Å². The zero-order valence-corrected chi connectivity index (χ0v) is 9.58. The summed E-state index contributed by atoms with van der Waals surface area (Å²) in [6.45, 7) is 3.82. The molecule has 0 aliphatic rings. The van der Waals surface area contributed by atoms with Crippen LogP contribution in [0.5, 0.6) is 0 Å². The molecule has 0 aliphatic carbocycles. The van der Waals surface area contributed by atoms with Gasteiger partial charge < -0.3 is 0 Å². The Kier molecular flexibility index (Phi) is 2.44. The average molecular weight is 223 g/mol. The monoisotopic (exact) mass is 222 g/mol. The molecule has 2 rings (SSSR count). The number of aryl methyl sites for hydroxylation is 2. The van der Waals surface area contributed by atoms with Gasteiger partial charge in [-0.2, -0.15) is 5.10 Å². The quantitative estimate of drug-likeness (QED) is 0.743. The maximum absolute atomic E-state index is 6.05. The van der Waals surface area contributed by atoms with Gasteiger partial charge in [-0.1, -0.05) is 11.6 Å². The molecule has 0 aromatic carbocycles. The van der Waals surface area contributed by atoms with Gasteiger partial charge in [0, 0.05) is 24.5 Å². The second-order valence-corrected chi connectivity index (χ2v) is 3.79. The van der Waals surface area contributed by atoms with E-state index in [2.05, 4.69) is 15.1 Å². The predicted molar refractivity (Wildman–Crippen MR) is 58.7 cm³/mol. The Bertz CT molecular complexity index is 504. The molecule has 5 heteroatoms. The van der Waals surface area contributed by atoms with Crippen LogP contribution in [-0.4, -0.2) is 19.7 Å². The molecule has 2 heterocycles. The van der Waals surface area contributed by atoms with Crippen LogP contribution in [0.3, 0.4) is 0 Å². The van der Waals surface area contributed by atoms with Crippen LogP contribution in [0.2, 0.25) is 5.02 Å². The van der Waals surface area contributed by atoms with E-state index in [9.17, 15) is 0 Å². The van der Waals surface area contributed by atoms with Crippen molar-refractivity contribution in [2.24, 2.45) is 7.05 Å². The third kappa shape index (κ3) is 1.72. The minimum Gasteiger partial charge on any atom is -0.272 e. The van der Waals surface area contributed by atoms with Gasteiger partial charge in [0.2, 0.25) is 0 Å². The van der Waals surface area contributed by atoms with Crippen molar-refractivity contribution in [2.45, 2.75) is 13.8 Å². The first kappa shape index (κ1) is 10.1. The molecular weight excluding hydrogens is 212 g/mol. The zero-order valence-electron chi connectivity index (χ0n) is 8.82. The summed E-state index contributed by atoms with van der Waals surface area (Å²) in [5.74, 6) is 0.706. The summed E-state index contributed by atoms with van der Waals surface area (Å²) in [7, 11) is 1.89. The molecule has 2 aromatic heterocycles. The molecule has 0 spiro atoms. The van der Waals surface area contributed by atoms with Crippen molar-refractivity contribution in [3.05, 3.63) is 28.9 Å². The highest BCUT2D eigenvalue weighted by molar-refractivity contribution is 6.32. The molecule has 0 fully saturated rings. The highest BCUT2D eigenvalue weighted by atomic mass is 35.5. The van der Waals surface area contributed by atoms with Crippen molar-refractivity contribution >= 4 is 11.6 Å². The molecule has 4 nitrogen and oxygen atoms in total. The fraction of sp³-hybridized carbons (Fsp3) is 0.300. The van der Waals surface area contributed by atoms with Gasteiger partial charge in [0.1, 0.15) is 5.82 Å². The zero-order chi connectivity index (χ0) is 11.0. The normalized spacial score (nSPS) is 10.7. The van der Waals surface area contributed by atoms with Gasteiger partial charge in [-0.3, -0.25) is 4.68 Å². The summed E-state index contributed by atoms with van der Waals surface area (Å²) in [5, 5.41) is 4.71. The fourth-order valence-corrected chi connectivity index (χ4v) is 1.57. The molecule has 0 aliphatic heterocycles. The summed E-state index contributed by atoms with van der Waals surface area (Å²) in [5.41, 5.74) is 2.73. The minimum absolute atomic E-state index is 0.553. The molecule has 2 aromatic rings. The highest BCUT2D eigenvalue weighted by Gasteiger charge is 2.12. The van der Waals surface area contributed by atoms with E-state index < -0.39 is 0 Å². The Morgan fingerprint density at radius 2 is 2.00 bits per heavy atom. The number of halogens is 1. The summed E-state index contributed by atoms with van der Waals surface area (Å²) >= 11 is 6.05. The fourth-order valence-electron chi connectivity index (χ4n) is 1.38. The van der Waals surface area contributed by atoms with Gasteiger partial charge >= 0.3 is 0 Å². The molecule has 0 unspecified atom stereocenters. The van der Waals surface area contributed by atoms with Crippen LogP contribution in [0, 0.1) is 13.8 Å². The second kappa shape index (κ2) is 3.62. The Hall–Kier alpha value is -1.42. The van der Waals surface area contributed by atoms with Crippen molar-refractivity contribution in [2.75, 3.05) is 0 Å². The second-order valence-electron chi connectivity index (χ2n) is 3.38. The molecule has 0 amide bonds. The maximum Gasteiger partial charge on any atom is 0.126 e. The summed E-state index contributed by atoms with van der Waals surface area (Å²) in [6.07, 6.45) is 3.38. The van der Waals surface area contributed by atoms with Crippen molar-refractivity contribution in [3.8, 4) is 11.3 Å². The van der Waals surface area contributed by atoms with Gasteiger partial charge in [0.25, 0.3) is 0 Å². The van der Waals surface area contributed by atoms with Crippen LogP contribution in [0.25, 0.3) is 11.3 Å². The highest BCUT2D eigenvalue weighted by Crippen LogP contribution is 2.27. The van der Waals surface area contributed by atoms with Crippen molar-refractivity contribution in [1.29, 1.82) is 0 Å². The molecule has 0 saturated carbocycles. The molecule has 0 radical (unpaired) electrons. The Morgan fingerprint density at radius 1 is 1.27 bits per heavy atom. The Morgan fingerprint density at radius 3 is 2.60 bits per heavy atom. The minimum atomic E-state index is 0.553. The van der Waals surface area contributed by atoms with E-state index in [4.69, 9.17) is 11.6 Å². The SMILES string of the molecule is Cc1ncc(Cl)c(-c2cnn(C)c2C)n1. The molecule has 0 bridgehead atoms. The molecule has 0 atom stereocenters. The number of hydrogen-bond donors (Lipinski definition) is 0. The number of aromatic nitrogens is 4. The first-order chi connectivity index (χ1) is 7.09. The first-order valence-corrected chi connectivity index (χ1v) is 4.95. The Balaban J connectivity index is 2.63. The lowest BCUT2D eigenvalue weighted by molar-refractivity contribution is 0.740. The standard InChI is InChI=1S/C10H11ClN4/c1-6-8(4-13-15(6)3)10-9(11)5-12-7(2)14-10/h4-5H,1-3H3. The maximum atomic E-state index is 6.05. The molecular formula is C10H11ClN4.